The number of hydrogen-bond acceptors (Lipinski definition) is 2. The molecular weight excluding hydrogens is 262 g/mol. The van der Waals surface area contributed by atoms with Crippen molar-refractivity contribution in [2.75, 3.05) is 0 Å². The fourth-order valence-electron chi connectivity index (χ4n) is 1.86. The lowest BCUT2D eigenvalue weighted by molar-refractivity contribution is -0.121. The van der Waals surface area contributed by atoms with E-state index in [0.717, 1.165) is 11.3 Å². The van der Waals surface area contributed by atoms with E-state index in [-0.39, 0.29) is 11.9 Å². The summed E-state index contributed by atoms with van der Waals surface area (Å²) in [5.74, 6) is 0.828. The summed E-state index contributed by atoms with van der Waals surface area (Å²) in [5.41, 5.74) is 0.999. The van der Waals surface area contributed by atoms with Crippen molar-refractivity contribution in [1.82, 2.24) is 5.32 Å². The molecular formula is C15H16ClNO2. The highest BCUT2D eigenvalue weighted by Crippen LogP contribution is 2.17. The van der Waals surface area contributed by atoms with Gasteiger partial charge >= 0.3 is 0 Å². The Bertz CT molecular complexity index is 537. The highest BCUT2D eigenvalue weighted by Gasteiger charge is 2.10. The summed E-state index contributed by atoms with van der Waals surface area (Å²) in [6, 6.07) is 11.1. The summed E-state index contributed by atoms with van der Waals surface area (Å²) in [7, 11) is 0. The van der Waals surface area contributed by atoms with Crippen LogP contribution in [0.4, 0.5) is 0 Å². The van der Waals surface area contributed by atoms with Gasteiger partial charge in [-0.05, 0) is 36.8 Å². The Morgan fingerprint density at radius 2 is 2.21 bits per heavy atom. The minimum atomic E-state index is -0.0530. The van der Waals surface area contributed by atoms with Crippen molar-refractivity contribution < 1.29 is 9.21 Å². The quantitative estimate of drug-likeness (QED) is 0.904. The standard InChI is InChI=1S/C15H16ClNO2/c1-11(12-4-2-5-13(16)10-12)17-15(18)8-7-14-6-3-9-19-14/h2-6,9-11H,7-8H2,1H3,(H,17,18). The second kappa shape index (κ2) is 6.43. The molecule has 0 fully saturated rings. The smallest absolute Gasteiger partial charge is 0.220 e. The van der Waals surface area contributed by atoms with Crippen LogP contribution in [0.2, 0.25) is 5.02 Å². The molecule has 19 heavy (non-hydrogen) atoms. The van der Waals surface area contributed by atoms with Crippen LogP contribution in [0.15, 0.2) is 47.1 Å². The molecule has 1 heterocycles. The van der Waals surface area contributed by atoms with Crippen LogP contribution in [0.1, 0.15) is 30.7 Å². The zero-order chi connectivity index (χ0) is 13.7. The predicted octanol–water partition coefficient (Wildman–Crippen LogP) is 3.74. The van der Waals surface area contributed by atoms with E-state index < -0.39 is 0 Å². The number of halogens is 1. The average molecular weight is 278 g/mol. The second-order valence-electron chi connectivity index (χ2n) is 4.42. The first-order chi connectivity index (χ1) is 9.15. The van der Waals surface area contributed by atoms with Crippen molar-refractivity contribution in [2.24, 2.45) is 0 Å². The van der Waals surface area contributed by atoms with Gasteiger partial charge in [-0.2, -0.15) is 0 Å². The number of furan rings is 1. The third-order valence-electron chi connectivity index (χ3n) is 2.90. The van der Waals surface area contributed by atoms with Crippen LogP contribution in [0, 0.1) is 0 Å². The van der Waals surface area contributed by atoms with Crippen molar-refractivity contribution in [3.63, 3.8) is 0 Å². The van der Waals surface area contributed by atoms with Gasteiger partial charge in [-0.3, -0.25) is 4.79 Å². The van der Waals surface area contributed by atoms with Crippen molar-refractivity contribution >= 4 is 17.5 Å². The van der Waals surface area contributed by atoms with Gasteiger partial charge < -0.3 is 9.73 Å². The van der Waals surface area contributed by atoms with Gasteiger partial charge in [0.25, 0.3) is 0 Å². The molecule has 1 aromatic heterocycles. The number of carbonyl (C=O) groups is 1. The molecule has 0 spiro atoms. The van der Waals surface area contributed by atoms with Crippen LogP contribution in [-0.2, 0) is 11.2 Å². The number of rotatable bonds is 5. The lowest BCUT2D eigenvalue weighted by Gasteiger charge is -2.14. The van der Waals surface area contributed by atoms with E-state index in [9.17, 15) is 4.79 Å². The predicted molar refractivity (Wildman–Crippen MR) is 75.0 cm³/mol. The third kappa shape index (κ3) is 4.14. The molecule has 1 unspecified atom stereocenters. The van der Waals surface area contributed by atoms with Gasteiger partial charge in [-0.15, -0.1) is 0 Å². The Kier molecular flexibility index (Phi) is 4.63. The molecule has 0 aliphatic carbocycles. The normalized spacial score (nSPS) is 12.1. The van der Waals surface area contributed by atoms with Gasteiger partial charge in [0.15, 0.2) is 0 Å². The number of aryl methyl sites for hydroxylation is 1. The molecule has 3 nitrogen and oxygen atoms in total. The van der Waals surface area contributed by atoms with Crippen LogP contribution >= 0.6 is 11.6 Å². The Morgan fingerprint density at radius 1 is 1.37 bits per heavy atom. The monoisotopic (exact) mass is 277 g/mol. The highest BCUT2D eigenvalue weighted by molar-refractivity contribution is 6.30. The van der Waals surface area contributed by atoms with Gasteiger partial charge in [0, 0.05) is 17.9 Å². The maximum Gasteiger partial charge on any atom is 0.220 e. The van der Waals surface area contributed by atoms with Gasteiger partial charge in [0.05, 0.1) is 12.3 Å². The van der Waals surface area contributed by atoms with E-state index in [1.54, 1.807) is 6.26 Å². The molecule has 1 amide bonds. The van der Waals surface area contributed by atoms with Crippen LogP contribution in [-0.4, -0.2) is 5.91 Å². The summed E-state index contributed by atoms with van der Waals surface area (Å²) in [6.45, 7) is 1.94. The molecule has 4 heteroatoms. The van der Waals surface area contributed by atoms with Crippen LogP contribution in [0.3, 0.4) is 0 Å². The Hall–Kier alpha value is -1.74. The van der Waals surface area contributed by atoms with Crippen molar-refractivity contribution in [3.05, 3.63) is 59.0 Å². The molecule has 0 saturated heterocycles. The minimum Gasteiger partial charge on any atom is -0.469 e. The molecule has 0 radical (unpaired) electrons. The fraction of sp³-hybridized carbons (Fsp3) is 0.267. The van der Waals surface area contributed by atoms with E-state index in [1.807, 2.05) is 43.3 Å². The molecule has 1 aromatic carbocycles. The molecule has 0 saturated carbocycles. The number of nitrogens with one attached hydrogen (secondary N) is 1. The first-order valence-corrected chi connectivity index (χ1v) is 6.60. The van der Waals surface area contributed by atoms with Crippen molar-refractivity contribution in [3.8, 4) is 0 Å². The molecule has 0 bridgehead atoms. The first-order valence-electron chi connectivity index (χ1n) is 6.22. The van der Waals surface area contributed by atoms with E-state index in [1.165, 1.54) is 0 Å². The van der Waals surface area contributed by atoms with Crippen molar-refractivity contribution in [1.29, 1.82) is 0 Å². The zero-order valence-corrected chi connectivity index (χ0v) is 11.5. The van der Waals surface area contributed by atoms with E-state index in [0.29, 0.717) is 17.9 Å². The molecule has 0 aliphatic rings. The van der Waals surface area contributed by atoms with Gasteiger partial charge in [-0.1, -0.05) is 23.7 Å². The third-order valence-corrected chi connectivity index (χ3v) is 3.14. The van der Waals surface area contributed by atoms with Crippen LogP contribution < -0.4 is 5.32 Å². The summed E-state index contributed by atoms with van der Waals surface area (Å²) in [6.07, 6.45) is 2.64. The number of benzene rings is 1. The SMILES string of the molecule is CC(NC(=O)CCc1ccco1)c1cccc(Cl)c1. The molecule has 1 N–H and O–H groups in total. The Morgan fingerprint density at radius 3 is 2.89 bits per heavy atom. The van der Waals surface area contributed by atoms with Crippen LogP contribution in [0.5, 0.6) is 0 Å². The van der Waals surface area contributed by atoms with Gasteiger partial charge in [-0.25, -0.2) is 0 Å². The number of amides is 1. The fourth-order valence-corrected chi connectivity index (χ4v) is 2.06. The van der Waals surface area contributed by atoms with Crippen molar-refractivity contribution in [2.45, 2.75) is 25.8 Å². The van der Waals surface area contributed by atoms with Gasteiger partial charge in [0.2, 0.25) is 5.91 Å². The van der Waals surface area contributed by atoms with E-state index >= 15 is 0 Å². The largest absolute Gasteiger partial charge is 0.469 e. The lowest BCUT2D eigenvalue weighted by atomic mass is 10.1. The van der Waals surface area contributed by atoms with Crippen LogP contribution in [0.25, 0.3) is 0 Å². The minimum absolute atomic E-state index is 0.00359. The average Bonchev–Trinajstić information content (AvgIpc) is 2.89. The van der Waals surface area contributed by atoms with E-state index in [2.05, 4.69) is 5.32 Å². The zero-order valence-electron chi connectivity index (χ0n) is 10.7. The first kappa shape index (κ1) is 13.7. The topological polar surface area (TPSA) is 42.2 Å². The maximum absolute atomic E-state index is 11.8. The summed E-state index contributed by atoms with van der Waals surface area (Å²) in [5, 5.41) is 3.62. The lowest BCUT2D eigenvalue weighted by Crippen LogP contribution is -2.26. The molecule has 1 atom stereocenters. The number of carbonyl (C=O) groups excluding carboxylic acids is 1. The molecule has 0 aliphatic heterocycles. The van der Waals surface area contributed by atoms with E-state index in [4.69, 9.17) is 16.0 Å². The molecule has 2 rings (SSSR count). The summed E-state index contributed by atoms with van der Waals surface area (Å²) < 4.78 is 5.19. The summed E-state index contributed by atoms with van der Waals surface area (Å²) in [4.78, 5) is 11.8. The second-order valence-corrected chi connectivity index (χ2v) is 4.86. The highest BCUT2D eigenvalue weighted by atomic mass is 35.5. The molecule has 2 aromatic rings. The maximum atomic E-state index is 11.8. The van der Waals surface area contributed by atoms with Gasteiger partial charge in [0.1, 0.15) is 5.76 Å². The summed E-state index contributed by atoms with van der Waals surface area (Å²) >= 11 is 5.93. The number of hydrogen-bond donors (Lipinski definition) is 1. The Labute approximate surface area is 117 Å². The Balaban J connectivity index is 1.84. The molecule has 100 valence electrons.